The van der Waals surface area contributed by atoms with E-state index >= 15 is 0 Å². The Morgan fingerprint density at radius 1 is 1.16 bits per heavy atom. The van der Waals surface area contributed by atoms with Crippen LogP contribution >= 0.6 is 12.4 Å². The smallest absolute Gasteiger partial charge is 0.230 e. The maximum Gasteiger partial charge on any atom is 0.230 e. The first-order valence-electron chi connectivity index (χ1n) is 6.50. The first kappa shape index (κ1) is 14.0. The third-order valence-electron chi connectivity index (χ3n) is 3.59. The van der Waals surface area contributed by atoms with E-state index in [4.69, 9.17) is 10.3 Å². The summed E-state index contributed by atoms with van der Waals surface area (Å²) in [5.74, 6) is 1.94. The van der Waals surface area contributed by atoms with E-state index in [9.17, 15) is 0 Å². The summed E-state index contributed by atoms with van der Waals surface area (Å²) >= 11 is 0. The molecule has 0 spiro atoms. The van der Waals surface area contributed by atoms with Crippen molar-refractivity contribution in [1.29, 1.82) is 0 Å². The highest BCUT2D eigenvalue weighted by atomic mass is 35.5. The minimum absolute atomic E-state index is 0. The van der Waals surface area contributed by atoms with Crippen LogP contribution in [-0.4, -0.2) is 10.1 Å². The summed E-state index contributed by atoms with van der Waals surface area (Å²) in [6.07, 6.45) is 4.89. The number of hydrogen-bond acceptors (Lipinski definition) is 4. The van der Waals surface area contributed by atoms with Crippen molar-refractivity contribution in [1.82, 2.24) is 10.1 Å². The first-order valence-corrected chi connectivity index (χ1v) is 6.50. The van der Waals surface area contributed by atoms with Gasteiger partial charge in [-0.15, -0.1) is 12.4 Å². The predicted molar refractivity (Wildman–Crippen MR) is 76.1 cm³/mol. The van der Waals surface area contributed by atoms with Crippen LogP contribution in [0.2, 0.25) is 0 Å². The van der Waals surface area contributed by atoms with Crippen LogP contribution in [0.3, 0.4) is 0 Å². The number of aromatic nitrogens is 2. The van der Waals surface area contributed by atoms with Crippen LogP contribution in [-0.2, 0) is 6.54 Å². The predicted octanol–water partition coefficient (Wildman–Crippen LogP) is 3.27. The molecule has 3 rings (SSSR count). The number of rotatable bonds is 3. The van der Waals surface area contributed by atoms with Crippen LogP contribution in [0.1, 0.15) is 43.1 Å². The van der Waals surface area contributed by atoms with E-state index in [0.29, 0.717) is 18.3 Å². The standard InChI is InChI=1S/C14H17N3O.ClH/c15-9-10-5-7-11(8-6-10)13-16-14(18-17-13)12-3-1-2-4-12;/h5-8,12H,1-4,9,15H2;1H. The normalized spacial score (nSPS) is 15.4. The molecule has 0 bridgehead atoms. The van der Waals surface area contributed by atoms with Crippen LogP contribution in [0.4, 0.5) is 0 Å². The highest BCUT2D eigenvalue weighted by Crippen LogP contribution is 2.33. The number of nitrogens with two attached hydrogens (primary N) is 1. The van der Waals surface area contributed by atoms with Gasteiger partial charge in [0.05, 0.1) is 0 Å². The van der Waals surface area contributed by atoms with E-state index in [1.807, 2.05) is 24.3 Å². The van der Waals surface area contributed by atoms with E-state index < -0.39 is 0 Å². The Labute approximate surface area is 118 Å². The number of benzene rings is 1. The maximum absolute atomic E-state index is 5.58. The summed E-state index contributed by atoms with van der Waals surface area (Å²) in [4.78, 5) is 4.51. The number of hydrogen-bond donors (Lipinski definition) is 1. The molecule has 0 radical (unpaired) electrons. The fourth-order valence-corrected chi connectivity index (χ4v) is 2.48. The number of nitrogens with zero attached hydrogens (tertiary/aromatic N) is 2. The van der Waals surface area contributed by atoms with E-state index in [0.717, 1.165) is 17.0 Å². The largest absolute Gasteiger partial charge is 0.339 e. The van der Waals surface area contributed by atoms with Gasteiger partial charge in [-0.3, -0.25) is 0 Å². The van der Waals surface area contributed by atoms with Gasteiger partial charge in [0.15, 0.2) is 0 Å². The maximum atomic E-state index is 5.58. The molecule has 0 amide bonds. The van der Waals surface area contributed by atoms with Gasteiger partial charge in [-0.25, -0.2) is 0 Å². The lowest BCUT2D eigenvalue weighted by molar-refractivity contribution is 0.354. The monoisotopic (exact) mass is 279 g/mol. The third kappa shape index (κ3) is 2.96. The van der Waals surface area contributed by atoms with Gasteiger partial charge in [0.2, 0.25) is 11.7 Å². The van der Waals surface area contributed by atoms with Crippen LogP contribution in [0.5, 0.6) is 0 Å². The second kappa shape index (κ2) is 6.17. The molecular weight excluding hydrogens is 262 g/mol. The molecule has 4 nitrogen and oxygen atoms in total. The molecule has 19 heavy (non-hydrogen) atoms. The third-order valence-corrected chi connectivity index (χ3v) is 3.59. The van der Waals surface area contributed by atoms with Crippen molar-refractivity contribution in [3.63, 3.8) is 0 Å². The zero-order chi connectivity index (χ0) is 12.4. The first-order chi connectivity index (χ1) is 8.86. The SMILES string of the molecule is Cl.NCc1ccc(-c2noc(C3CCCC3)n2)cc1. The van der Waals surface area contributed by atoms with Gasteiger partial charge in [-0.05, 0) is 18.4 Å². The second-order valence-corrected chi connectivity index (χ2v) is 4.84. The average molecular weight is 280 g/mol. The lowest BCUT2D eigenvalue weighted by Gasteiger charge is -1.99. The molecule has 0 aliphatic heterocycles. The van der Waals surface area contributed by atoms with E-state index in [2.05, 4.69) is 10.1 Å². The summed E-state index contributed by atoms with van der Waals surface area (Å²) in [6, 6.07) is 7.98. The van der Waals surface area contributed by atoms with Gasteiger partial charge in [-0.2, -0.15) is 4.98 Å². The van der Waals surface area contributed by atoms with Crippen molar-refractivity contribution in [2.24, 2.45) is 5.73 Å². The summed E-state index contributed by atoms with van der Waals surface area (Å²) < 4.78 is 5.37. The molecule has 1 saturated carbocycles. The molecule has 2 N–H and O–H groups in total. The lowest BCUT2D eigenvalue weighted by Crippen LogP contribution is -1.95. The highest BCUT2D eigenvalue weighted by molar-refractivity contribution is 5.85. The summed E-state index contributed by atoms with van der Waals surface area (Å²) in [5.41, 5.74) is 7.67. The molecule has 1 aromatic heterocycles. The molecule has 102 valence electrons. The Kier molecular flexibility index (Phi) is 4.56. The van der Waals surface area contributed by atoms with Gasteiger partial charge in [-0.1, -0.05) is 42.3 Å². The molecule has 0 saturated heterocycles. The van der Waals surface area contributed by atoms with Crippen LogP contribution in [0, 0.1) is 0 Å². The molecule has 1 aliphatic rings. The van der Waals surface area contributed by atoms with Crippen molar-refractivity contribution in [2.75, 3.05) is 0 Å². The fraction of sp³-hybridized carbons (Fsp3) is 0.429. The molecule has 1 aliphatic carbocycles. The molecule has 1 fully saturated rings. The zero-order valence-corrected chi connectivity index (χ0v) is 11.5. The Balaban J connectivity index is 0.00000133. The van der Waals surface area contributed by atoms with Crippen molar-refractivity contribution < 1.29 is 4.52 Å². The zero-order valence-electron chi connectivity index (χ0n) is 10.7. The van der Waals surface area contributed by atoms with Crippen molar-refractivity contribution in [3.8, 4) is 11.4 Å². The molecule has 1 aromatic carbocycles. The lowest BCUT2D eigenvalue weighted by atomic mass is 10.1. The van der Waals surface area contributed by atoms with Crippen LogP contribution < -0.4 is 5.73 Å². The topological polar surface area (TPSA) is 64.9 Å². The van der Waals surface area contributed by atoms with Gasteiger partial charge in [0, 0.05) is 18.0 Å². The summed E-state index contributed by atoms with van der Waals surface area (Å²) in [5, 5.41) is 4.07. The molecular formula is C14H18ClN3O. The Morgan fingerprint density at radius 3 is 2.47 bits per heavy atom. The van der Waals surface area contributed by atoms with Gasteiger partial charge < -0.3 is 10.3 Å². The summed E-state index contributed by atoms with van der Waals surface area (Å²) in [7, 11) is 0. The Morgan fingerprint density at radius 2 is 1.84 bits per heavy atom. The van der Waals surface area contributed by atoms with E-state index in [1.165, 1.54) is 25.7 Å². The fourth-order valence-electron chi connectivity index (χ4n) is 2.48. The quantitative estimate of drug-likeness (QED) is 0.936. The molecule has 0 atom stereocenters. The van der Waals surface area contributed by atoms with Gasteiger partial charge in [0.25, 0.3) is 0 Å². The molecule has 0 unspecified atom stereocenters. The van der Waals surface area contributed by atoms with Crippen LogP contribution in [0.15, 0.2) is 28.8 Å². The van der Waals surface area contributed by atoms with Gasteiger partial charge >= 0.3 is 0 Å². The second-order valence-electron chi connectivity index (χ2n) is 4.84. The summed E-state index contributed by atoms with van der Waals surface area (Å²) in [6.45, 7) is 0.555. The Bertz CT molecular complexity index is 518. The Hall–Kier alpha value is -1.39. The number of halogens is 1. The van der Waals surface area contributed by atoms with Gasteiger partial charge in [0.1, 0.15) is 0 Å². The van der Waals surface area contributed by atoms with E-state index in [1.54, 1.807) is 0 Å². The minimum atomic E-state index is 0. The van der Waals surface area contributed by atoms with Crippen LogP contribution in [0.25, 0.3) is 11.4 Å². The molecule has 2 aromatic rings. The minimum Gasteiger partial charge on any atom is -0.339 e. The highest BCUT2D eigenvalue weighted by Gasteiger charge is 2.23. The molecule has 1 heterocycles. The van der Waals surface area contributed by atoms with Crippen molar-refractivity contribution in [2.45, 2.75) is 38.1 Å². The van der Waals surface area contributed by atoms with E-state index in [-0.39, 0.29) is 12.4 Å². The van der Waals surface area contributed by atoms with Crippen molar-refractivity contribution in [3.05, 3.63) is 35.7 Å². The average Bonchev–Trinajstić information content (AvgIpc) is 3.09. The molecule has 5 heteroatoms. The van der Waals surface area contributed by atoms with Crippen molar-refractivity contribution >= 4 is 12.4 Å².